The Balaban J connectivity index is 0.000000166. The number of rotatable bonds is 4. The van der Waals surface area contributed by atoms with Crippen molar-refractivity contribution in [2.45, 2.75) is 26.4 Å². The van der Waals surface area contributed by atoms with Gasteiger partial charge in [-0.15, -0.1) is 22.7 Å². The highest BCUT2D eigenvalue weighted by atomic mass is 32.1. The Morgan fingerprint density at radius 1 is 0.862 bits per heavy atom. The quantitative estimate of drug-likeness (QED) is 0.426. The van der Waals surface area contributed by atoms with Crippen LogP contribution in [-0.2, 0) is 5.60 Å². The average molecular weight is 421 g/mol. The molecular formula is C24H24N2OS2. The first-order chi connectivity index (χ1) is 13.9. The molecule has 2 aromatic carbocycles. The van der Waals surface area contributed by atoms with E-state index in [0.29, 0.717) is 0 Å². The van der Waals surface area contributed by atoms with Gasteiger partial charge in [-0.2, -0.15) is 0 Å². The molecule has 4 aromatic rings. The molecule has 1 unspecified atom stereocenters. The number of hydrogen-bond acceptors (Lipinski definition) is 5. The lowest BCUT2D eigenvalue weighted by atomic mass is 9.93. The molecule has 1 N–H and O–H groups in total. The lowest BCUT2D eigenvalue weighted by molar-refractivity contribution is 0.105. The van der Waals surface area contributed by atoms with E-state index in [4.69, 9.17) is 0 Å². The molecule has 0 bridgehead atoms. The first-order valence-corrected chi connectivity index (χ1v) is 11.0. The van der Waals surface area contributed by atoms with Gasteiger partial charge in [-0.25, -0.2) is 9.97 Å². The van der Waals surface area contributed by atoms with Gasteiger partial charge in [-0.1, -0.05) is 67.2 Å². The SMILES string of the molecule is C=C(c1ccccc1)c1scnc1C.Cc1ncsc1C(C)(O)c1ccccc1. The van der Waals surface area contributed by atoms with Crippen LogP contribution in [0.25, 0.3) is 5.57 Å². The number of aromatic nitrogens is 2. The van der Waals surface area contributed by atoms with Crippen LogP contribution in [0.4, 0.5) is 0 Å². The fourth-order valence-corrected chi connectivity index (χ4v) is 4.71. The second kappa shape index (κ2) is 9.27. The predicted molar refractivity (Wildman–Crippen MR) is 123 cm³/mol. The molecule has 0 aliphatic carbocycles. The molecule has 4 rings (SSSR count). The third-order valence-electron chi connectivity index (χ3n) is 4.67. The Kier molecular flexibility index (Phi) is 6.75. The fraction of sp³-hybridized carbons (Fsp3) is 0.167. The molecule has 2 aromatic heterocycles. The molecule has 3 nitrogen and oxygen atoms in total. The monoisotopic (exact) mass is 420 g/mol. The summed E-state index contributed by atoms with van der Waals surface area (Å²) in [5.74, 6) is 0. The Bertz CT molecular complexity index is 1070. The molecule has 0 saturated carbocycles. The van der Waals surface area contributed by atoms with E-state index < -0.39 is 5.60 Å². The third kappa shape index (κ3) is 4.88. The molecule has 1 atom stereocenters. The van der Waals surface area contributed by atoms with E-state index in [0.717, 1.165) is 27.4 Å². The van der Waals surface area contributed by atoms with Crippen LogP contribution >= 0.6 is 22.7 Å². The van der Waals surface area contributed by atoms with Crippen molar-refractivity contribution in [3.05, 3.63) is 111 Å². The largest absolute Gasteiger partial charge is 0.380 e. The Hall–Kier alpha value is -2.60. The summed E-state index contributed by atoms with van der Waals surface area (Å²) < 4.78 is 0. The van der Waals surface area contributed by atoms with Crippen LogP contribution < -0.4 is 0 Å². The van der Waals surface area contributed by atoms with Gasteiger partial charge in [0.2, 0.25) is 0 Å². The molecule has 0 saturated heterocycles. The maximum absolute atomic E-state index is 10.5. The number of hydrogen-bond donors (Lipinski definition) is 1. The summed E-state index contributed by atoms with van der Waals surface area (Å²) >= 11 is 3.13. The smallest absolute Gasteiger partial charge is 0.123 e. The van der Waals surface area contributed by atoms with Gasteiger partial charge in [0.15, 0.2) is 0 Å². The van der Waals surface area contributed by atoms with E-state index >= 15 is 0 Å². The summed E-state index contributed by atoms with van der Waals surface area (Å²) in [5.41, 5.74) is 7.77. The lowest BCUT2D eigenvalue weighted by Gasteiger charge is -2.22. The minimum Gasteiger partial charge on any atom is -0.380 e. The van der Waals surface area contributed by atoms with E-state index in [1.165, 1.54) is 21.8 Å². The van der Waals surface area contributed by atoms with Crippen molar-refractivity contribution in [1.29, 1.82) is 0 Å². The van der Waals surface area contributed by atoms with Crippen molar-refractivity contribution in [3.8, 4) is 0 Å². The van der Waals surface area contributed by atoms with E-state index in [-0.39, 0.29) is 0 Å². The molecule has 29 heavy (non-hydrogen) atoms. The Morgan fingerprint density at radius 2 is 1.41 bits per heavy atom. The van der Waals surface area contributed by atoms with Crippen LogP contribution in [0, 0.1) is 13.8 Å². The van der Waals surface area contributed by atoms with Crippen molar-refractivity contribution < 1.29 is 5.11 Å². The minimum absolute atomic E-state index is 0.897. The normalized spacial score (nSPS) is 12.6. The number of benzene rings is 2. The number of thiazole rings is 2. The molecule has 148 valence electrons. The van der Waals surface area contributed by atoms with Gasteiger partial charge in [-0.05, 0) is 37.5 Å². The van der Waals surface area contributed by atoms with Crippen LogP contribution in [0.15, 0.2) is 78.3 Å². The summed E-state index contributed by atoms with van der Waals surface area (Å²) in [6.45, 7) is 9.84. The number of aryl methyl sites for hydroxylation is 2. The summed E-state index contributed by atoms with van der Waals surface area (Å²) in [7, 11) is 0. The van der Waals surface area contributed by atoms with Gasteiger partial charge in [-0.3, -0.25) is 0 Å². The first kappa shape index (κ1) is 21.1. The van der Waals surface area contributed by atoms with E-state index in [1.807, 2.05) is 74.8 Å². The van der Waals surface area contributed by atoms with Crippen molar-refractivity contribution in [2.24, 2.45) is 0 Å². The molecule has 0 aliphatic rings. The second-order valence-electron chi connectivity index (χ2n) is 6.82. The highest BCUT2D eigenvalue weighted by molar-refractivity contribution is 7.11. The van der Waals surface area contributed by atoms with Crippen LogP contribution in [0.1, 0.15) is 39.2 Å². The first-order valence-electron chi connectivity index (χ1n) is 9.24. The van der Waals surface area contributed by atoms with Crippen LogP contribution in [-0.4, -0.2) is 15.1 Å². The minimum atomic E-state index is -0.938. The second-order valence-corrected chi connectivity index (χ2v) is 8.53. The molecule has 5 heteroatoms. The van der Waals surface area contributed by atoms with Crippen molar-refractivity contribution >= 4 is 28.2 Å². The fourth-order valence-electron chi connectivity index (χ4n) is 3.02. The highest BCUT2D eigenvalue weighted by Gasteiger charge is 2.28. The lowest BCUT2D eigenvalue weighted by Crippen LogP contribution is -2.22. The molecule has 0 aliphatic heterocycles. The zero-order valence-corrected chi connectivity index (χ0v) is 18.4. The van der Waals surface area contributed by atoms with E-state index in [2.05, 4.69) is 28.7 Å². The van der Waals surface area contributed by atoms with Gasteiger partial charge >= 0.3 is 0 Å². The zero-order valence-electron chi connectivity index (χ0n) is 16.8. The molecule has 0 radical (unpaired) electrons. The summed E-state index contributed by atoms with van der Waals surface area (Å²) in [6.07, 6.45) is 0. The van der Waals surface area contributed by atoms with Gasteiger partial charge in [0.1, 0.15) is 5.60 Å². The summed E-state index contributed by atoms with van der Waals surface area (Å²) in [5, 5.41) is 10.5. The zero-order chi connectivity index (χ0) is 20.9. The number of aliphatic hydroxyl groups is 1. The summed E-state index contributed by atoms with van der Waals surface area (Å²) in [4.78, 5) is 10.5. The third-order valence-corrected chi connectivity index (χ3v) is 6.79. The van der Waals surface area contributed by atoms with Crippen LogP contribution in [0.5, 0.6) is 0 Å². The molecule has 0 spiro atoms. The molecular weight excluding hydrogens is 396 g/mol. The molecule has 2 heterocycles. The van der Waals surface area contributed by atoms with E-state index in [1.54, 1.807) is 16.8 Å². The molecule has 0 amide bonds. The highest BCUT2D eigenvalue weighted by Crippen LogP contribution is 2.33. The standard InChI is InChI=1S/C12H13NOS.C12H11NS/c1-9-11(15-8-13-9)12(2,14)10-6-4-3-5-7-10;1-9(11-6-4-3-5-7-11)12-10(2)13-8-14-12/h3-8,14H,1-2H3;3-8H,1H2,2H3. The predicted octanol–water partition coefficient (Wildman–Crippen LogP) is 6.22. The topological polar surface area (TPSA) is 46.0 Å². The van der Waals surface area contributed by atoms with Gasteiger partial charge < -0.3 is 5.11 Å². The van der Waals surface area contributed by atoms with Crippen LogP contribution in [0.3, 0.4) is 0 Å². The Morgan fingerprint density at radius 3 is 1.93 bits per heavy atom. The Labute approximate surface area is 180 Å². The molecule has 0 fully saturated rings. The maximum atomic E-state index is 10.5. The number of nitrogens with zero attached hydrogens (tertiary/aromatic N) is 2. The maximum Gasteiger partial charge on any atom is 0.123 e. The van der Waals surface area contributed by atoms with Gasteiger partial charge in [0.25, 0.3) is 0 Å². The van der Waals surface area contributed by atoms with Gasteiger partial charge in [0.05, 0.1) is 32.2 Å². The average Bonchev–Trinajstić information content (AvgIpc) is 3.37. The van der Waals surface area contributed by atoms with Crippen molar-refractivity contribution in [2.75, 3.05) is 0 Å². The van der Waals surface area contributed by atoms with Crippen molar-refractivity contribution in [1.82, 2.24) is 9.97 Å². The van der Waals surface area contributed by atoms with E-state index in [9.17, 15) is 5.11 Å². The summed E-state index contributed by atoms with van der Waals surface area (Å²) in [6, 6.07) is 19.9. The van der Waals surface area contributed by atoms with Crippen LogP contribution in [0.2, 0.25) is 0 Å². The van der Waals surface area contributed by atoms with Crippen molar-refractivity contribution in [3.63, 3.8) is 0 Å². The van der Waals surface area contributed by atoms with Gasteiger partial charge in [0, 0.05) is 0 Å².